The van der Waals surface area contributed by atoms with E-state index in [2.05, 4.69) is 13.0 Å². The molecule has 0 radical (unpaired) electrons. The van der Waals surface area contributed by atoms with Gasteiger partial charge < -0.3 is 82.4 Å². The second-order valence-electron chi connectivity index (χ2n) is 19.3. The minimum atomic E-state index is -1.60. The van der Waals surface area contributed by atoms with E-state index in [4.69, 9.17) is 51.8 Å². The number of aliphatic hydroxyl groups is 6. The fourth-order valence-electron chi connectivity index (χ4n) is 11.9. The van der Waals surface area contributed by atoms with Crippen molar-refractivity contribution in [2.45, 2.75) is 209 Å². The number of hydrogen-bond donors (Lipinski definition) is 6. The fourth-order valence-corrected chi connectivity index (χ4v) is 11.9. The quantitative estimate of drug-likeness (QED) is 0.164. The minimum absolute atomic E-state index is 0.0886. The lowest BCUT2D eigenvalue weighted by molar-refractivity contribution is -0.356. The first kappa shape index (κ1) is 48.5. The van der Waals surface area contributed by atoms with Gasteiger partial charge in [0.1, 0.15) is 54.3 Å². The number of Topliss-reactive ketones (excluding diaryl/α,β-unsaturated/α-hetero) is 1. The topological polar surface area (TPSA) is 244 Å². The summed E-state index contributed by atoms with van der Waals surface area (Å²) in [5.41, 5.74) is 1.93. The summed E-state index contributed by atoms with van der Waals surface area (Å²) in [5, 5.41) is 63.5. The molecule has 4 saturated heterocycles. The SMILES string of the molecule is CO[C@H]1C[C@H](O[C@@H]2CC3=CC[C@H]4C(=O)[C@@H](c5ccoc5C)CC[C@@H]4[C@@]3(C)C[C@H]2O)O[C@H](C)[C@H]1O[C@H]1C[C@@H](O)[C@@H](O[C@H]2C[C@H](OC)[C@H](O[C@@H]3O[C@H](CO)[C@@H](O)[C@H](O)[C@H]3O)[C@@H](C)O2)[C@H](C)O1. The van der Waals surface area contributed by atoms with Crippen molar-refractivity contribution in [1.82, 2.24) is 0 Å². The molecule has 64 heavy (non-hydrogen) atoms. The third kappa shape index (κ3) is 9.43. The van der Waals surface area contributed by atoms with Gasteiger partial charge in [-0.25, -0.2) is 0 Å². The highest BCUT2D eigenvalue weighted by molar-refractivity contribution is 5.89. The first-order valence-electron chi connectivity index (χ1n) is 23.1. The van der Waals surface area contributed by atoms with Crippen LogP contribution in [0.1, 0.15) is 96.3 Å². The number of hydrogen-bond acceptors (Lipinski definition) is 18. The highest BCUT2D eigenvalue weighted by Gasteiger charge is 2.55. The van der Waals surface area contributed by atoms with Gasteiger partial charge in [-0.15, -0.1) is 0 Å². The maximum Gasteiger partial charge on any atom is 0.187 e. The van der Waals surface area contributed by atoms with Gasteiger partial charge in [0.15, 0.2) is 25.2 Å². The average molecular weight is 911 g/mol. The first-order chi connectivity index (χ1) is 30.5. The number of ether oxygens (including phenoxy) is 10. The van der Waals surface area contributed by atoms with E-state index in [0.717, 1.165) is 24.2 Å². The molecule has 5 heterocycles. The van der Waals surface area contributed by atoms with Gasteiger partial charge in [-0.2, -0.15) is 0 Å². The van der Waals surface area contributed by atoms with Crippen LogP contribution in [0.3, 0.4) is 0 Å². The molecule has 0 spiro atoms. The summed E-state index contributed by atoms with van der Waals surface area (Å²) in [6, 6.07) is 1.93. The Morgan fingerprint density at radius 1 is 0.734 bits per heavy atom. The maximum absolute atomic E-state index is 13.9. The number of ketones is 1. The Kier molecular flexibility index (Phi) is 15.1. The van der Waals surface area contributed by atoms with Crippen molar-refractivity contribution in [3.05, 3.63) is 35.3 Å². The molecule has 8 rings (SSSR count). The number of allylic oxidation sites excluding steroid dienone is 1. The molecule has 7 aliphatic rings. The van der Waals surface area contributed by atoms with Crippen molar-refractivity contribution < 1.29 is 87.2 Å². The standard InChI is InChI=1S/C46H70O18/c1-20-25(12-13-56-20)26-10-11-28-27(38(26)50)9-8-24-14-31(30(49)18-46(24,28)5)60-36-16-32(54-6)43(22(3)58-36)63-35-15-29(48)42(21(2)57-35)62-37-17-33(55-7)44(23(4)59-37)64-45-41(53)40(52)39(51)34(19-47)61-45/h8,12-13,21-23,26-37,39-45,47-49,51-53H,9-11,14-19H2,1-7H3/t21-,22+,23+,26+,27+,28-,29+,30+,31+,32-,33-,34+,35-,36-,37-,39+,40-,41+,42-,43+,44+,45-,46-/m0/s1. The van der Waals surface area contributed by atoms with Gasteiger partial charge in [-0.3, -0.25) is 4.79 Å². The van der Waals surface area contributed by atoms with Gasteiger partial charge >= 0.3 is 0 Å². The van der Waals surface area contributed by atoms with E-state index < -0.39 is 123 Å². The van der Waals surface area contributed by atoms with Crippen molar-refractivity contribution in [3.63, 3.8) is 0 Å². The zero-order valence-electron chi connectivity index (χ0n) is 37.9. The number of carbonyl (C=O) groups is 1. The summed E-state index contributed by atoms with van der Waals surface area (Å²) in [4.78, 5) is 13.9. The molecule has 4 aliphatic heterocycles. The van der Waals surface area contributed by atoms with Crippen LogP contribution >= 0.6 is 0 Å². The van der Waals surface area contributed by atoms with Crippen LogP contribution in [0.25, 0.3) is 0 Å². The third-order valence-electron chi connectivity index (χ3n) is 15.5. The molecule has 0 unspecified atom stereocenters. The summed E-state index contributed by atoms with van der Waals surface area (Å²) in [6.45, 7) is 8.91. The van der Waals surface area contributed by atoms with Crippen LogP contribution < -0.4 is 0 Å². The van der Waals surface area contributed by atoms with E-state index in [1.807, 2.05) is 19.9 Å². The van der Waals surface area contributed by atoms with Crippen LogP contribution in [-0.4, -0.2) is 174 Å². The number of rotatable bonds is 12. The molecule has 23 atom stereocenters. The van der Waals surface area contributed by atoms with Crippen LogP contribution in [0.15, 0.2) is 28.4 Å². The number of furan rings is 1. The Balaban J connectivity index is 0.823. The normalized spacial score (nSPS) is 48.9. The molecule has 2 saturated carbocycles. The Hall–Kier alpha value is -1.95. The molecular formula is C46H70O18. The summed E-state index contributed by atoms with van der Waals surface area (Å²) in [7, 11) is 3.09. The molecule has 1 aromatic rings. The van der Waals surface area contributed by atoms with E-state index in [0.29, 0.717) is 25.7 Å². The molecule has 0 bridgehead atoms. The predicted octanol–water partition coefficient (Wildman–Crippen LogP) is 1.89. The second kappa shape index (κ2) is 19.9. The van der Waals surface area contributed by atoms with E-state index in [1.165, 1.54) is 12.7 Å². The predicted molar refractivity (Wildman–Crippen MR) is 221 cm³/mol. The van der Waals surface area contributed by atoms with Crippen molar-refractivity contribution in [1.29, 1.82) is 0 Å². The number of methoxy groups -OCH3 is 2. The van der Waals surface area contributed by atoms with Gasteiger partial charge in [0.2, 0.25) is 0 Å². The lowest BCUT2D eigenvalue weighted by atomic mass is 9.51. The van der Waals surface area contributed by atoms with Crippen LogP contribution in [-0.2, 0) is 52.2 Å². The zero-order valence-corrected chi connectivity index (χ0v) is 37.9. The second-order valence-corrected chi connectivity index (χ2v) is 19.3. The maximum atomic E-state index is 13.9. The molecule has 6 N–H and O–H groups in total. The van der Waals surface area contributed by atoms with Gasteiger partial charge in [0, 0.05) is 50.9 Å². The summed E-state index contributed by atoms with van der Waals surface area (Å²) in [6.07, 6.45) is -8.82. The van der Waals surface area contributed by atoms with Crippen LogP contribution in [0.5, 0.6) is 0 Å². The highest BCUT2D eigenvalue weighted by atomic mass is 16.8. The number of aliphatic hydroxyl groups excluding tert-OH is 6. The number of aryl methyl sites for hydroxylation is 1. The molecule has 18 nitrogen and oxygen atoms in total. The van der Waals surface area contributed by atoms with E-state index in [-0.39, 0.29) is 41.8 Å². The summed E-state index contributed by atoms with van der Waals surface area (Å²) in [5.74, 6) is 1.00. The van der Waals surface area contributed by atoms with Crippen molar-refractivity contribution in [2.75, 3.05) is 20.8 Å². The zero-order chi connectivity index (χ0) is 45.8. The lowest BCUT2D eigenvalue weighted by Gasteiger charge is -2.54. The lowest BCUT2D eigenvalue weighted by Crippen LogP contribution is -2.62. The van der Waals surface area contributed by atoms with E-state index in [1.54, 1.807) is 27.2 Å². The number of carbonyl (C=O) groups excluding carboxylic acids is 1. The van der Waals surface area contributed by atoms with Gasteiger partial charge in [0.25, 0.3) is 0 Å². The first-order valence-corrected chi connectivity index (χ1v) is 23.1. The Morgan fingerprint density at radius 3 is 1.95 bits per heavy atom. The Labute approximate surface area is 374 Å². The Morgan fingerprint density at radius 2 is 1.34 bits per heavy atom. The van der Waals surface area contributed by atoms with E-state index in [9.17, 15) is 35.4 Å². The van der Waals surface area contributed by atoms with Gasteiger partial charge in [0.05, 0.1) is 61.7 Å². The average Bonchev–Trinajstić information content (AvgIpc) is 3.69. The monoisotopic (exact) mass is 910 g/mol. The molecule has 18 heteroatoms. The third-order valence-corrected chi connectivity index (χ3v) is 15.5. The summed E-state index contributed by atoms with van der Waals surface area (Å²) < 4.78 is 66.8. The molecule has 3 aliphatic carbocycles. The van der Waals surface area contributed by atoms with Crippen LogP contribution in [0, 0.1) is 24.2 Å². The summed E-state index contributed by atoms with van der Waals surface area (Å²) >= 11 is 0. The molecule has 6 fully saturated rings. The minimum Gasteiger partial charge on any atom is -0.469 e. The fraction of sp³-hybridized carbons (Fsp3) is 0.848. The largest absolute Gasteiger partial charge is 0.469 e. The molecule has 362 valence electrons. The van der Waals surface area contributed by atoms with Crippen molar-refractivity contribution >= 4 is 5.78 Å². The smallest absolute Gasteiger partial charge is 0.187 e. The van der Waals surface area contributed by atoms with Crippen molar-refractivity contribution in [3.8, 4) is 0 Å². The van der Waals surface area contributed by atoms with Gasteiger partial charge in [-0.1, -0.05) is 18.6 Å². The van der Waals surface area contributed by atoms with Crippen LogP contribution in [0.2, 0.25) is 0 Å². The van der Waals surface area contributed by atoms with Crippen molar-refractivity contribution in [2.24, 2.45) is 17.3 Å². The molecule has 1 aromatic heterocycles. The van der Waals surface area contributed by atoms with E-state index >= 15 is 0 Å². The molecule has 0 aromatic carbocycles. The van der Waals surface area contributed by atoms with Gasteiger partial charge in [-0.05, 0) is 77.2 Å². The highest BCUT2D eigenvalue weighted by Crippen LogP contribution is 2.58. The Bertz CT molecular complexity index is 1740. The molecule has 0 amide bonds. The number of fused-ring (bicyclic) bond motifs is 3. The molecular weight excluding hydrogens is 840 g/mol. The van der Waals surface area contributed by atoms with Crippen LogP contribution in [0.4, 0.5) is 0 Å².